The van der Waals surface area contributed by atoms with Crippen molar-refractivity contribution in [3.8, 4) is 0 Å². The standard InChI is InChI=1S/C18H21BrN2O/c1-3-21(12-15-7-5-4-6-8-15)13-18(22)20-17-10-9-14(2)11-16(17)19/h4-11H,3,12-13H2,1-2H3,(H,20,22)/p+1. The molecule has 4 heteroatoms. The van der Waals surface area contributed by atoms with E-state index in [0.717, 1.165) is 28.8 Å². The molecule has 0 aliphatic carbocycles. The van der Waals surface area contributed by atoms with Gasteiger partial charge in [-0.15, -0.1) is 0 Å². The number of carbonyl (C=O) groups is 1. The molecule has 0 heterocycles. The number of rotatable bonds is 6. The molecule has 2 rings (SSSR count). The molecule has 1 unspecified atom stereocenters. The van der Waals surface area contributed by atoms with Gasteiger partial charge in [-0.1, -0.05) is 36.4 Å². The molecule has 0 fully saturated rings. The van der Waals surface area contributed by atoms with E-state index in [1.807, 2.05) is 43.3 Å². The van der Waals surface area contributed by atoms with Crippen molar-refractivity contribution in [2.75, 3.05) is 18.4 Å². The maximum Gasteiger partial charge on any atom is 0.279 e. The van der Waals surface area contributed by atoms with E-state index in [1.54, 1.807) is 0 Å². The van der Waals surface area contributed by atoms with Gasteiger partial charge in [-0.25, -0.2) is 0 Å². The van der Waals surface area contributed by atoms with Crippen molar-refractivity contribution in [1.29, 1.82) is 0 Å². The Hall–Kier alpha value is -1.65. The maximum absolute atomic E-state index is 12.3. The number of nitrogens with one attached hydrogen (secondary N) is 2. The summed E-state index contributed by atoms with van der Waals surface area (Å²) in [7, 11) is 0. The lowest BCUT2D eigenvalue weighted by atomic mass is 10.2. The minimum absolute atomic E-state index is 0.0392. The third kappa shape index (κ3) is 4.97. The highest BCUT2D eigenvalue weighted by atomic mass is 79.9. The molecule has 0 spiro atoms. The smallest absolute Gasteiger partial charge is 0.279 e. The van der Waals surface area contributed by atoms with Crippen LogP contribution in [-0.4, -0.2) is 19.0 Å². The van der Waals surface area contributed by atoms with Crippen LogP contribution < -0.4 is 10.2 Å². The van der Waals surface area contributed by atoms with Gasteiger partial charge in [0, 0.05) is 10.0 Å². The molecule has 116 valence electrons. The van der Waals surface area contributed by atoms with Gasteiger partial charge in [-0.3, -0.25) is 4.79 Å². The summed E-state index contributed by atoms with van der Waals surface area (Å²) in [5.74, 6) is 0.0392. The van der Waals surface area contributed by atoms with E-state index in [0.29, 0.717) is 6.54 Å². The number of aryl methyl sites for hydroxylation is 1. The predicted molar refractivity (Wildman–Crippen MR) is 94.0 cm³/mol. The minimum Gasteiger partial charge on any atom is -0.324 e. The quantitative estimate of drug-likeness (QED) is 0.814. The first-order valence-electron chi connectivity index (χ1n) is 7.52. The van der Waals surface area contributed by atoms with Gasteiger partial charge in [0.05, 0.1) is 12.2 Å². The molecule has 0 bridgehead atoms. The normalized spacial score (nSPS) is 12.0. The van der Waals surface area contributed by atoms with Gasteiger partial charge in [-0.05, 0) is 47.5 Å². The number of anilines is 1. The zero-order valence-corrected chi connectivity index (χ0v) is 14.6. The highest BCUT2D eigenvalue weighted by molar-refractivity contribution is 9.10. The number of hydrogen-bond donors (Lipinski definition) is 2. The molecular formula is C18H22BrN2O+. The number of quaternary nitrogens is 1. The van der Waals surface area contributed by atoms with Crippen molar-refractivity contribution in [3.63, 3.8) is 0 Å². The van der Waals surface area contributed by atoms with E-state index in [9.17, 15) is 4.79 Å². The molecule has 3 nitrogen and oxygen atoms in total. The Morgan fingerprint density at radius 3 is 2.55 bits per heavy atom. The van der Waals surface area contributed by atoms with E-state index >= 15 is 0 Å². The van der Waals surface area contributed by atoms with E-state index in [4.69, 9.17) is 0 Å². The summed E-state index contributed by atoms with van der Waals surface area (Å²) < 4.78 is 0.918. The van der Waals surface area contributed by atoms with Crippen LogP contribution in [0.25, 0.3) is 0 Å². The number of likely N-dealkylation sites (N-methyl/N-ethyl adjacent to an activating group) is 1. The lowest BCUT2D eigenvalue weighted by Gasteiger charge is -2.17. The van der Waals surface area contributed by atoms with E-state index < -0.39 is 0 Å². The van der Waals surface area contributed by atoms with Gasteiger partial charge >= 0.3 is 0 Å². The van der Waals surface area contributed by atoms with Crippen molar-refractivity contribution < 1.29 is 9.69 Å². The van der Waals surface area contributed by atoms with E-state index in [1.165, 1.54) is 10.5 Å². The van der Waals surface area contributed by atoms with Crippen LogP contribution >= 0.6 is 15.9 Å². The van der Waals surface area contributed by atoms with Crippen LogP contribution in [0.15, 0.2) is 53.0 Å². The second kappa shape index (κ2) is 8.11. The highest BCUT2D eigenvalue weighted by Gasteiger charge is 2.14. The first kappa shape index (κ1) is 16.7. The van der Waals surface area contributed by atoms with Gasteiger partial charge in [0.15, 0.2) is 6.54 Å². The van der Waals surface area contributed by atoms with Crippen molar-refractivity contribution >= 4 is 27.5 Å². The first-order chi connectivity index (χ1) is 10.6. The van der Waals surface area contributed by atoms with Crippen LogP contribution in [0.3, 0.4) is 0 Å². The second-order valence-corrected chi connectivity index (χ2v) is 6.33. The molecular weight excluding hydrogens is 340 g/mol. The SMILES string of the molecule is CC[NH+](CC(=O)Nc1ccc(C)cc1Br)Cc1ccccc1. The van der Waals surface area contributed by atoms with Crippen molar-refractivity contribution in [3.05, 3.63) is 64.1 Å². The minimum atomic E-state index is 0.0392. The molecule has 0 saturated heterocycles. The topological polar surface area (TPSA) is 33.5 Å². The second-order valence-electron chi connectivity index (χ2n) is 5.47. The maximum atomic E-state index is 12.3. The fraction of sp³-hybridized carbons (Fsp3) is 0.278. The fourth-order valence-electron chi connectivity index (χ4n) is 2.34. The van der Waals surface area contributed by atoms with Crippen molar-refractivity contribution in [1.82, 2.24) is 0 Å². The average molecular weight is 362 g/mol. The molecule has 0 aliphatic rings. The third-order valence-electron chi connectivity index (χ3n) is 3.61. The molecule has 2 aromatic carbocycles. The molecule has 0 aromatic heterocycles. The summed E-state index contributed by atoms with van der Waals surface area (Å²) in [6.07, 6.45) is 0. The number of hydrogen-bond acceptors (Lipinski definition) is 1. The van der Waals surface area contributed by atoms with Gasteiger partial charge in [-0.2, -0.15) is 0 Å². The zero-order valence-electron chi connectivity index (χ0n) is 13.0. The number of amides is 1. The summed E-state index contributed by atoms with van der Waals surface area (Å²) >= 11 is 3.49. The third-order valence-corrected chi connectivity index (χ3v) is 4.26. The van der Waals surface area contributed by atoms with Crippen molar-refractivity contribution in [2.24, 2.45) is 0 Å². The van der Waals surface area contributed by atoms with Crippen LogP contribution in [0.2, 0.25) is 0 Å². The van der Waals surface area contributed by atoms with Gasteiger partial charge in [0.2, 0.25) is 0 Å². The van der Waals surface area contributed by atoms with Crippen molar-refractivity contribution in [2.45, 2.75) is 20.4 Å². The van der Waals surface area contributed by atoms with Crippen LogP contribution in [0, 0.1) is 6.92 Å². The van der Waals surface area contributed by atoms with Gasteiger partial charge in [0.25, 0.3) is 5.91 Å². The Morgan fingerprint density at radius 2 is 1.91 bits per heavy atom. The van der Waals surface area contributed by atoms with Crippen LogP contribution in [-0.2, 0) is 11.3 Å². The summed E-state index contributed by atoms with van der Waals surface area (Å²) in [5, 5.41) is 2.98. The average Bonchev–Trinajstić information content (AvgIpc) is 2.50. The Labute approximate surface area is 140 Å². The molecule has 1 atom stereocenters. The number of halogens is 1. The summed E-state index contributed by atoms with van der Waals surface area (Å²) in [4.78, 5) is 13.5. The Kier molecular flexibility index (Phi) is 6.16. The number of benzene rings is 2. The van der Waals surface area contributed by atoms with Crippen LogP contribution in [0.4, 0.5) is 5.69 Å². The molecule has 2 aromatic rings. The molecule has 0 aliphatic heterocycles. The summed E-state index contributed by atoms with van der Waals surface area (Å²) in [5.41, 5.74) is 3.24. The lowest BCUT2D eigenvalue weighted by molar-refractivity contribution is -0.903. The predicted octanol–water partition coefficient (Wildman–Crippen LogP) is 2.80. The molecule has 0 radical (unpaired) electrons. The first-order valence-corrected chi connectivity index (χ1v) is 8.31. The Morgan fingerprint density at radius 1 is 1.18 bits per heavy atom. The Balaban J connectivity index is 1.94. The largest absolute Gasteiger partial charge is 0.324 e. The van der Waals surface area contributed by atoms with E-state index in [2.05, 4.69) is 40.3 Å². The zero-order chi connectivity index (χ0) is 15.9. The van der Waals surface area contributed by atoms with Gasteiger partial charge in [0.1, 0.15) is 6.54 Å². The summed E-state index contributed by atoms with van der Waals surface area (Å²) in [6.45, 7) is 6.37. The Bertz CT molecular complexity index is 628. The molecule has 1 amide bonds. The van der Waals surface area contributed by atoms with E-state index in [-0.39, 0.29) is 5.91 Å². The molecule has 22 heavy (non-hydrogen) atoms. The lowest BCUT2D eigenvalue weighted by Crippen LogP contribution is -3.11. The number of carbonyl (C=O) groups excluding carboxylic acids is 1. The highest BCUT2D eigenvalue weighted by Crippen LogP contribution is 2.22. The monoisotopic (exact) mass is 361 g/mol. The molecule has 2 N–H and O–H groups in total. The van der Waals surface area contributed by atoms with Crippen LogP contribution in [0.5, 0.6) is 0 Å². The fourth-order valence-corrected chi connectivity index (χ4v) is 2.93. The summed E-state index contributed by atoms with van der Waals surface area (Å²) in [6, 6.07) is 16.2. The van der Waals surface area contributed by atoms with Gasteiger partial charge < -0.3 is 10.2 Å². The molecule has 0 saturated carbocycles. The van der Waals surface area contributed by atoms with Crippen LogP contribution in [0.1, 0.15) is 18.1 Å².